The average molecular weight is 496 g/mol. The third-order valence-corrected chi connectivity index (χ3v) is 5.71. The molecule has 2 aliphatic heterocycles. The van der Waals surface area contributed by atoms with Crippen molar-refractivity contribution >= 4 is 5.97 Å². The summed E-state index contributed by atoms with van der Waals surface area (Å²) in [5.74, 6) is -0.818. The van der Waals surface area contributed by atoms with Crippen LogP contribution >= 0.6 is 0 Å². The number of phenolic OH excluding ortho intramolecular Hbond substituents is 1. The summed E-state index contributed by atoms with van der Waals surface area (Å²) < 4.78 is 22.8. The highest BCUT2D eigenvalue weighted by Crippen LogP contribution is 2.34. The molecule has 35 heavy (non-hydrogen) atoms. The van der Waals surface area contributed by atoms with Gasteiger partial charge < -0.3 is 44.5 Å². The number of carbonyl (C=O) groups is 1. The van der Waals surface area contributed by atoms with E-state index >= 15 is 0 Å². The molecule has 190 valence electrons. The van der Waals surface area contributed by atoms with Gasteiger partial charge in [0.05, 0.1) is 12.2 Å². The minimum Gasteiger partial charge on any atom is -0.508 e. The molecule has 1 aromatic heterocycles. The van der Waals surface area contributed by atoms with E-state index in [4.69, 9.17) is 18.9 Å². The zero-order valence-electron chi connectivity index (χ0n) is 18.0. The Labute approximate surface area is 196 Å². The van der Waals surface area contributed by atoms with Crippen LogP contribution in [-0.4, -0.2) is 97.2 Å². The molecular formula is C21H24N2O12. The predicted octanol–water partition coefficient (Wildman–Crippen LogP) is -2.82. The van der Waals surface area contributed by atoms with E-state index in [1.165, 1.54) is 24.3 Å². The fourth-order valence-corrected chi connectivity index (χ4v) is 3.83. The molecule has 0 unspecified atom stereocenters. The summed E-state index contributed by atoms with van der Waals surface area (Å²) in [6.07, 6.45) is -10.1. The van der Waals surface area contributed by atoms with E-state index in [1.807, 2.05) is 4.98 Å². The number of phenols is 1. The van der Waals surface area contributed by atoms with E-state index in [0.717, 1.165) is 16.8 Å². The van der Waals surface area contributed by atoms with Crippen molar-refractivity contribution in [2.45, 2.75) is 49.1 Å². The number of benzene rings is 1. The van der Waals surface area contributed by atoms with Crippen molar-refractivity contribution in [2.24, 2.45) is 0 Å². The van der Waals surface area contributed by atoms with Crippen LogP contribution in [0.25, 0.3) is 0 Å². The van der Waals surface area contributed by atoms with E-state index < -0.39 is 79.6 Å². The average Bonchev–Trinajstić information content (AvgIpc) is 3.28. The maximum Gasteiger partial charge on any atom is 0.338 e. The zero-order valence-corrected chi connectivity index (χ0v) is 18.0. The molecule has 14 heteroatoms. The number of aromatic nitrogens is 2. The highest BCUT2D eigenvalue weighted by Gasteiger charge is 2.51. The fraction of sp³-hybridized carbons (Fsp3) is 0.476. The number of aromatic hydroxyl groups is 1. The van der Waals surface area contributed by atoms with E-state index in [9.17, 15) is 39.9 Å². The van der Waals surface area contributed by atoms with Gasteiger partial charge in [0.2, 0.25) is 0 Å². The molecule has 2 saturated heterocycles. The Morgan fingerprint density at radius 1 is 1.00 bits per heavy atom. The van der Waals surface area contributed by atoms with Gasteiger partial charge in [-0.2, -0.15) is 0 Å². The van der Waals surface area contributed by atoms with Gasteiger partial charge in [0.15, 0.2) is 12.5 Å². The monoisotopic (exact) mass is 496 g/mol. The van der Waals surface area contributed by atoms with Crippen molar-refractivity contribution in [1.82, 2.24) is 9.55 Å². The van der Waals surface area contributed by atoms with Gasteiger partial charge >= 0.3 is 11.7 Å². The number of rotatable bonds is 7. The van der Waals surface area contributed by atoms with Crippen molar-refractivity contribution in [2.75, 3.05) is 13.2 Å². The fourth-order valence-electron chi connectivity index (χ4n) is 3.83. The van der Waals surface area contributed by atoms with Crippen LogP contribution in [0.4, 0.5) is 0 Å². The maximum absolute atomic E-state index is 12.3. The van der Waals surface area contributed by atoms with Gasteiger partial charge in [-0.1, -0.05) is 0 Å². The summed E-state index contributed by atoms with van der Waals surface area (Å²) in [5, 5.41) is 49.7. The molecule has 8 atom stereocenters. The molecule has 0 aliphatic carbocycles. The molecule has 14 nitrogen and oxygen atoms in total. The lowest BCUT2D eigenvalue weighted by atomic mass is 10.1. The highest BCUT2D eigenvalue weighted by atomic mass is 16.7. The smallest absolute Gasteiger partial charge is 0.338 e. The summed E-state index contributed by atoms with van der Waals surface area (Å²) in [4.78, 5) is 38.1. The summed E-state index contributed by atoms with van der Waals surface area (Å²) in [5.41, 5.74) is -1.43. The summed E-state index contributed by atoms with van der Waals surface area (Å²) in [6.45, 7) is -1.08. The Hall–Kier alpha value is -3.11. The van der Waals surface area contributed by atoms with Crippen molar-refractivity contribution in [1.29, 1.82) is 0 Å². The standard InChI is InChI=1S/C21H24N2O12/c24-7-11-14(27)16(29)20(34-11)35-17-15(28)12(8-32-19(30)9-1-3-10(25)4-2-9)33-18(17)23-6-5-13(26)22-21(23)31/h1-6,11-12,14-18,20,24-25,27-29H,7-8H2,(H,22,26,31)/t11-,12-,14-,15-,16-,17-,18-,20+/m1/s1. The van der Waals surface area contributed by atoms with Crippen LogP contribution in [0.5, 0.6) is 5.75 Å². The Bertz CT molecular complexity index is 1150. The molecule has 6 N–H and O–H groups in total. The molecule has 0 amide bonds. The molecule has 4 rings (SSSR count). The summed E-state index contributed by atoms with van der Waals surface area (Å²) in [6, 6.07) is 6.29. The topological polar surface area (TPSA) is 210 Å². The number of H-pyrrole nitrogens is 1. The molecule has 1 aromatic carbocycles. The van der Waals surface area contributed by atoms with Crippen molar-refractivity contribution in [3.05, 3.63) is 62.9 Å². The highest BCUT2D eigenvalue weighted by molar-refractivity contribution is 5.89. The lowest BCUT2D eigenvalue weighted by molar-refractivity contribution is -0.220. The minimum atomic E-state index is -1.58. The number of hydrogen-bond acceptors (Lipinski definition) is 12. The van der Waals surface area contributed by atoms with Gasteiger partial charge in [-0.15, -0.1) is 0 Å². The molecule has 0 radical (unpaired) electrons. The molecule has 2 aliphatic rings. The number of nitrogens with zero attached hydrogens (tertiary/aromatic N) is 1. The lowest BCUT2D eigenvalue weighted by Crippen LogP contribution is -2.44. The minimum absolute atomic E-state index is 0.0462. The molecule has 3 heterocycles. The van der Waals surface area contributed by atoms with Gasteiger partial charge in [0.25, 0.3) is 5.56 Å². The third kappa shape index (κ3) is 5.13. The molecule has 0 spiro atoms. The number of aliphatic hydroxyl groups is 4. The van der Waals surface area contributed by atoms with Crippen LogP contribution < -0.4 is 11.2 Å². The van der Waals surface area contributed by atoms with Crippen LogP contribution in [0.2, 0.25) is 0 Å². The Balaban J connectivity index is 1.53. The van der Waals surface area contributed by atoms with Crippen LogP contribution in [0.3, 0.4) is 0 Å². The second-order valence-electron chi connectivity index (χ2n) is 8.03. The summed E-state index contributed by atoms with van der Waals surface area (Å²) >= 11 is 0. The van der Waals surface area contributed by atoms with Crippen LogP contribution in [0.15, 0.2) is 46.1 Å². The molecule has 0 saturated carbocycles. The van der Waals surface area contributed by atoms with Crippen molar-refractivity contribution < 1.29 is 49.3 Å². The van der Waals surface area contributed by atoms with Gasteiger partial charge in [-0.3, -0.25) is 14.3 Å². The largest absolute Gasteiger partial charge is 0.508 e. The number of ether oxygens (including phenoxy) is 4. The Morgan fingerprint density at radius 2 is 1.71 bits per heavy atom. The second-order valence-corrected chi connectivity index (χ2v) is 8.03. The molecular weight excluding hydrogens is 472 g/mol. The third-order valence-electron chi connectivity index (χ3n) is 5.71. The SMILES string of the molecule is O=C(OC[C@H]1O[C@@H](n2ccc(=O)[nH]c2=O)[C@H](O[C@@H]2O[C@H](CO)[C@@H](O)[C@H]2O)[C@@H]1O)c1ccc(O)cc1. The predicted molar refractivity (Wildman–Crippen MR) is 112 cm³/mol. The zero-order chi connectivity index (χ0) is 25.3. The van der Waals surface area contributed by atoms with Gasteiger partial charge in [0, 0.05) is 12.3 Å². The number of esters is 1. The van der Waals surface area contributed by atoms with Gasteiger partial charge in [-0.05, 0) is 24.3 Å². The number of hydrogen-bond donors (Lipinski definition) is 6. The Kier molecular flexibility index (Phi) is 7.32. The number of carbonyl (C=O) groups excluding carboxylic acids is 1. The van der Waals surface area contributed by atoms with Crippen LogP contribution in [0.1, 0.15) is 16.6 Å². The number of nitrogens with one attached hydrogen (secondary N) is 1. The van der Waals surface area contributed by atoms with Crippen LogP contribution in [-0.2, 0) is 18.9 Å². The number of aromatic amines is 1. The van der Waals surface area contributed by atoms with E-state index in [0.29, 0.717) is 0 Å². The summed E-state index contributed by atoms with van der Waals surface area (Å²) in [7, 11) is 0. The Morgan fingerprint density at radius 3 is 2.34 bits per heavy atom. The maximum atomic E-state index is 12.3. The second kappa shape index (κ2) is 10.2. The van der Waals surface area contributed by atoms with E-state index in [-0.39, 0.29) is 11.3 Å². The molecule has 0 bridgehead atoms. The van der Waals surface area contributed by atoms with Crippen molar-refractivity contribution in [3.8, 4) is 5.75 Å². The van der Waals surface area contributed by atoms with E-state index in [1.54, 1.807) is 0 Å². The first kappa shape index (κ1) is 25.0. The van der Waals surface area contributed by atoms with Crippen molar-refractivity contribution in [3.63, 3.8) is 0 Å². The first-order valence-electron chi connectivity index (χ1n) is 10.6. The first-order chi connectivity index (χ1) is 16.7. The van der Waals surface area contributed by atoms with Gasteiger partial charge in [0.1, 0.15) is 49.0 Å². The normalized spacial score (nSPS) is 32.6. The molecule has 2 aromatic rings. The van der Waals surface area contributed by atoms with Gasteiger partial charge in [-0.25, -0.2) is 9.59 Å². The lowest BCUT2D eigenvalue weighted by Gasteiger charge is -2.26. The first-order valence-corrected chi connectivity index (χ1v) is 10.6. The number of aliphatic hydroxyl groups excluding tert-OH is 4. The van der Waals surface area contributed by atoms with E-state index in [2.05, 4.69) is 0 Å². The quantitative estimate of drug-likeness (QED) is 0.214. The van der Waals surface area contributed by atoms with Crippen LogP contribution in [0, 0.1) is 0 Å². The molecule has 2 fully saturated rings.